The highest BCUT2D eigenvalue weighted by atomic mass is 35.5. The number of aliphatic imine (C=N–C) groups is 2. The Kier molecular flexibility index (Phi) is 4.35. The van der Waals surface area contributed by atoms with Gasteiger partial charge in [0.15, 0.2) is 0 Å². The lowest BCUT2D eigenvalue weighted by molar-refractivity contribution is 0.159. The Morgan fingerprint density at radius 1 is 1.29 bits per heavy atom. The van der Waals surface area contributed by atoms with Gasteiger partial charge in [0.1, 0.15) is 5.66 Å². The zero-order valence-corrected chi connectivity index (χ0v) is 13.4. The van der Waals surface area contributed by atoms with Gasteiger partial charge in [0.2, 0.25) is 11.9 Å². The monoisotopic (exact) mass is 327 g/mol. The minimum absolute atomic E-state index is 0. The number of nitrogens with zero attached hydrogens (tertiary/aromatic N) is 3. The van der Waals surface area contributed by atoms with Crippen molar-refractivity contribution in [3.05, 3.63) is 34.9 Å². The van der Waals surface area contributed by atoms with E-state index in [4.69, 9.17) is 23.1 Å². The SMILES string of the molecule is CC1(C2CC2)N=C(N)N=C(N)N1Cc1ccc(Cl)cc1.Cl. The van der Waals surface area contributed by atoms with Crippen LogP contribution in [0.3, 0.4) is 0 Å². The van der Waals surface area contributed by atoms with E-state index in [0.717, 1.165) is 23.4 Å². The number of guanidine groups is 2. The normalized spacial score (nSPS) is 25.0. The van der Waals surface area contributed by atoms with Crippen LogP contribution in [-0.4, -0.2) is 22.5 Å². The Labute approximate surface area is 135 Å². The summed E-state index contributed by atoms with van der Waals surface area (Å²) in [4.78, 5) is 10.7. The molecule has 3 rings (SSSR count). The molecule has 1 aliphatic carbocycles. The van der Waals surface area contributed by atoms with Crippen LogP contribution in [0.15, 0.2) is 34.3 Å². The predicted octanol–water partition coefficient (Wildman–Crippen LogP) is 2.33. The first-order chi connectivity index (χ1) is 9.49. The van der Waals surface area contributed by atoms with Gasteiger partial charge in [0.25, 0.3) is 0 Å². The molecular formula is C14H19Cl2N5. The van der Waals surface area contributed by atoms with E-state index in [0.29, 0.717) is 18.4 Å². The van der Waals surface area contributed by atoms with Crippen molar-refractivity contribution >= 4 is 35.9 Å². The van der Waals surface area contributed by atoms with E-state index in [2.05, 4.69) is 16.9 Å². The summed E-state index contributed by atoms with van der Waals surface area (Å²) in [6, 6.07) is 7.73. The molecule has 1 aliphatic heterocycles. The minimum Gasteiger partial charge on any atom is -0.369 e. The number of halogens is 2. The van der Waals surface area contributed by atoms with Crippen LogP contribution in [0.5, 0.6) is 0 Å². The molecule has 7 heteroatoms. The van der Waals surface area contributed by atoms with E-state index in [1.807, 2.05) is 29.2 Å². The fourth-order valence-electron chi connectivity index (χ4n) is 2.68. The third-order valence-electron chi connectivity index (χ3n) is 4.00. The maximum atomic E-state index is 6.08. The molecule has 1 saturated carbocycles. The zero-order chi connectivity index (χ0) is 14.3. The molecule has 0 aromatic heterocycles. The van der Waals surface area contributed by atoms with Crippen LogP contribution in [0.25, 0.3) is 0 Å². The van der Waals surface area contributed by atoms with E-state index in [1.54, 1.807) is 0 Å². The molecule has 0 spiro atoms. The Hall–Kier alpha value is -1.46. The molecule has 0 bridgehead atoms. The number of nitrogens with two attached hydrogens (primary N) is 2. The lowest BCUT2D eigenvalue weighted by Gasteiger charge is -2.41. The molecule has 1 heterocycles. The van der Waals surface area contributed by atoms with Crippen LogP contribution in [0, 0.1) is 5.92 Å². The molecule has 21 heavy (non-hydrogen) atoms. The van der Waals surface area contributed by atoms with Crippen LogP contribution < -0.4 is 11.5 Å². The van der Waals surface area contributed by atoms with E-state index in [-0.39, 0.29) is 18.4 Å². The van der Waals surface area contributed by atoms with Gasteiger partial charge in [-0.25, -0.2) is 4.99 Å². The van der Waals surface area contributed by atoms with Gasteiger partial charge in [0.05, 0.1) is 0 Å². The van der Waals surface area contributed by atoms with Gasteiger partial charge in [-0.05, 0) is 37.5 Å². The van der Waals surface area contributed by atoms with Crippen LogP contribution >= 0.6 is 24.0 Å². The largest absolute Gasteiger partial charge is 0.369 e. The summed E-state index contributed by atoms with van der Waals surface area (Å²) in [6.07, 6.45) is 2.30. The van der Waals surface area contributed by atoms with E-state index in [9.17, 15) is 0 Å². The average molecular weight is 328 g/mol. The second-order valence-corrected chi connectivity index (χ2v) is 5.96. The highest BCUT2D eigenvalue weighted by Gasteiger charge is 2.48. The average Bonchev–Trinajstić information content (AvgIpc) is 3.20. The molecule has 0 saturated heterocycles. The van der Waals surface area contributed by atoms with Gasteiger partial charge >= 0.3 is 0 Å². The molecule has 1 aromatic rings. The van der Waals surface area contributed by atoms with Crippen molar-refractivity contribution in [2.45, 2.75) is 32.0 Å². The van der Waals surface area contributed by atoms with Crippen LogP contribution in [0.2, 0.25) is 5.02 Å². The molecule has 0 amide bonds. The second kappa shape index (κ2) is 5.73. The summed E-state index contributed by atoms with van der Waals surface area (Å²) in [6.45, 7) is 2.73. The molecule has 4 N–H and O–H groups in total. The fourth-order valence-corrected chi connectivity index (χ4v) is 2.81. The van der Waals surface area contributed by atoms with Gasteiger partial charge in [-0.3, -0.25) is 0 Å². The van der Waals surface area contributed by atoms with Crippen molar-refractivity contribution < 1.29 is 0 Å². The van der Waals surface area contributed by atoms with Crippen molar-refractivity contribution in [3.8, 4) is 0 Å². The maximum Gasteiger partial charge on any atom is 0.220 e. The number of benzene rings is 1. The second-order valence-electron chi connectivity index (χ2n) is 5.52. The molecule has 5 nitrogen and oxygen atoms in total. The lowest BCUT2D eigenvalue weighted by atomic mass is 10.0. The highest BCUT2D eigenvalue weighted by molar-refractivity contribution is 6.30. The first kappa shape index (κ1) is 15.9. The molecule has 1 unspecified atom stereocenters. The molecular weight excluding hydrogens is 309 g/mol. The van der Waals surface area contributed by atoms with Crippen LogP contribution in [0.4, 0.5) is 0 Å². The third-order valence-corrected chi connectivity index (χ3v) is 4.25. The standard InChI is InChI=1S/C14H18ClN5.ClH/c1-14(10-4-5-10)19-12(16)18-13(17)20(14)8-9-2-6-11(15)7-3-9;/h2-3,6-7,10H,4-5,8H2,1H3,(H4,16,17,18,19);1H. The smallest absolute Gasteiger partial charge is 0.220 e. The summed E-state index contributed by atoms with van der Waals surface area (Å²) < 4.78 is 0. The van der Waals surface area contributed by atoms with Crippen molar-refractivity contribution in [1.29, 1.82) is 0 Å². The lowest BCUT2D eigenvalue weighted by Crippen LogP contribution is -2.56. The molecule has 1 aromatic carbocycles. The van der Waals surface area contributed by atoms with E-state index < -0.39 is 5.66 Å². The summed E-state index contributed by atoms with van der Waals surface area (Å²) in [5.74, 6) is 1.19. The van der Waals surface area contributed by atoms with Crippen molar-refractivity contribution in [1.82, 2.24) is 4.90 Å². The zero-order valence-electron chi connectivity index (χ0n) is 11.8. The number of hydrogen-bond donors (Lipinski definition) is 2. The van der Waals surface area contributed by atoms with E-state index in [1.165, 1.54) is 0 Å². The molecule has 1 atom stereocenters. The first-order valence-electron chi connectivity index (χ1n) is 6.70. The maximum absolute atomic E-state index is 6.08. The number of hydrogen-bond acceptors (Lipinski definition) is 5. The van der Waals surface area contributed by atoms with Crippen molar-refractivity contribution in [3.63, 3.8) is 0 Å². The Balaban J connectivity index is 0.00000161. The predicted molar refractivity (Wildman–Crippen MR) is 88.6 cm³/mol. The summed E-state index contributed by atoms with van der Waals surface area (Å²) in [5.41, 5.74) is 12.6. The van der Waals surface area contributed by atoms with Crippen LogP contribution in [-0.2, 0) is 6.54 Å². The molecule has 0 radical (unpaired) electrons. The summed E-state index contributed by atoms with van der Waals surface area (Å²) in [5, 5.41) is 0.723. The van der Waals surface area contributed by atoms with Gasteiger partial charge in [-0.2, -0.15) is 4.99 Å². The number of rotatable bonds is 3. The molecule has 114 valence electrons. The highest BCUT2D eigenvalue weighted by Crippen LogP contribution is 2.45. The van der Waals surface area contributed by atoms with Gasteiger partial charge in [0, 0.05) is 17.5 Å². The van der Waals surface area contributed by atoms with Crippen molar-refractivity contribution in [2.75, 3.05) is 0 Å². The van der Waals surface area contributed by atoms with E-state index >= 15 is 0 Å². The van der Waals surface area contributed by atoms with Crippen LogP contribution in [0.1, 0.15) is 25.3 Å². The van der Waals surface area contributed by atoms with Gasteiger partial charge in [-0.15, -0.1) is 12.4 Å². The first-order valence-corrected chi connectivity index (χ1v) is 7.08. The fraction of sp³-hybridized carbons (Fsp3) is 0.429. The van der Waals surface area contributed by atoms with Gasteiger partial charge < -0.3 is 16.4 Å². The Morgan fingerprint density at radius 2 is 1.90 bits per heavy atom. The summed E-state index contributed by atoms with van der Waals surface area (Å²) >= 11 is 5.92. The molecule has 1 fully saturated rings. The quantitative estimate of drug-likeness (QED) is 0.894. The Bertz CT molecular complexity index is 580. The Morgan fingerprint density at radius 3 is 2.48 bits per heavy atom. The molecule has 2 aliphatic rings. The summed E-state index contributed by atoms with van der Waals surface area (Å²) in [7, 11) is 0. The van der Waals surface area contributed by atoms with Gasteiger partial charge in [-0.1, -0.05) is 23.7 Å². The van der Waals surface area contributed by atoms with Crippen molar-refractivity contribution in [2.24, 2.45) is 27.4 Å². The third kappa shape index (κ3) is 3.09. The topological polar surface area (TPSA) is 80.0 Å². The minimum atomic E-state index is -0.393.